The number of fused-ring (bicyclic) bond motifs is 1. The highest BCUT2D eigenvalue weighted by molar-refractivity contribution is 5.43. The summed E-state index contributed by atoms with van der Waals surface area (Å²) in [4.78, 5) is 2.47. The molecule has 1 N–H and O–H groups in total. The molecule has 1 aromatic carbocycles. The van der Waals surface area contributed by atoms with Crippen molar-refractivity contribution in [1.29, 1.82) is 0 Å². The molecule has 0 amide bonds. The van der Waals surface area contributed by atoms with Crippen molar-refractivity contribution in [2.75, 3.05) is 32.9 Å². The summed E-state index contributed by atoms with van der Waals surface area (Å²) in [5.41, 5.74) is 1.43. The van der Waals surface area contributed by atoms with Crippen molar-refractivity contribution in [3.8, 4) is 11.5 Å². The summed E-state index contributed by atoms with van der Waals surface area (Å²) in [5.74, 6) is 1.72. The Morgan fingerprint density at radius 1 is 1.14 bits per heavy atom. The zero-order valence-corrected chi connectivity index (χ0v) is 12.8. The predicted octanol–water partition coefficient (Wildman–Crippen LogP) is 2.44. The number of aliphatic hydroxyl groups is 1. The summed E-state index contributed by atoms with van der Waals surface area (Å²) in [6.07, 6.45) is 3.25. The van der Waals surface area contributed by atoms with Crippen molar-refractivity contribution < 1.29 is 14.6 Å². The van der Waals surface area contributed by atoms with Crippen molar-refractivity contribution in [3.05, 3.63) is 23.8 Å². The van der Waals surface area contributed by atoms with Gasteiger partial charge in [-0.2, -0.15) is 0 Å². The van der Waals surface area contributed by atoms with Gasteiger partial charge in [-0.1, -0.05) is 13.0 Å². The minimum absolute atomic E-state index is 0.156. The molecule has 116 valence electrons. The molecule has 1 saturated heterocycles. The maximum atomic E-state index is 9.60. The van der Waals surface area contributed by atoms with Crippen LogP contribution in [0.4, 0.5) is 0 Å². The Labute approximate surface area is 126 Å². The summed E-state index contributed by atoms with van der Waals surface area (Å²) < 4.78 is 11.2. The van der Waals surface area contributed by atoms with E-state index in [2.05, 4.69) is 24.0 Å². The Morgan fingerprint density at radius 2 is 1.86 bits per heavy atom. The van der Waals surface area contributed by atoms with Crippen LogP contribution in [0.15, 0.2) is 18.2 Å². The first-order chi connectivity index (χ1) is 10.2. The first-order valence-corrected chi connectivity index (χ1v) is 7.96. The molecule has 0 atom stereocenters. The Morgan fingerprint density at radius 3 is 2.52 bits per heavy atom. The van der Waals surface area contributed by atoms with Crippen LogP contribution in [0.1, 0.15) is 31.7 Å². The number of piperidine rings is 1. The molecular formula is C17H25NO3. The van der Waals surface area contributed by atoms with Crippen molar-refractivity contribution in [2.24, 2.45) is 5.41 Å². The van der Waals surface area contributed by atoms with E-state index in [4.69, 9.17) is 9.47 Å². The Kier molecular flexibility index (Phi) is 4.36. The summed E-state index contributed by atoms with van der Waals surface area (Å²) in [6, 6.07) is 6.24. The first kappa shape index (κ1) is 14.7. The van der Waals surface area contributed by atoms with Crippen LogP contribution in [0.3, 0.4) is 0 Å². The highest BCUT2D eigenvalue weighted by Gasteiger charge is 2.32. The molecule has 4 nitrogen and oxygen atoms in total. The van der Waals surface area contributed by atoms with Gasteiger partial charge in [0.2, 0.25) is 0 Å². The molecule has 2 aliphatic heterocycles. The van der Waals surface area contributed by atoms with Crippen LogP contribution in [0.5, 0.6) is 11.5 Å². The molecule has 0 bridgehead atoms. The molecule has 1 fully saturated rings. The molecule has 0 saturated carbocycles. The van der Waals surface area contributed by atoms with Gasteiger partial charge in [0.1, 0.15) is 13.2 Å². The Hall–Kier alpha value is -1.26. The fourth-order valence-electron chi connectivity index (χ4n) is 3.25. The molecule has 3 rings (SSSR count). The molecule has 0 aliphatic carbocycles. The lowest BCUT2D eigenvalue weighted by Gasteiger charge is -2.40. The minimum atomic E-state index is 0.156. The standard InChI is InChI=1S/C17H25NO3/c1-2-17(13-19)5-7-18(8-6-17)12-14-3-4-15-16(11-14)21-10-9-20-15/h3-4,11,19H,2,5-10,12-13H2,1H3. The van der Waals surface area contributed by atoms with Crippen molar-refractivity contribution >= 4 is 0 Å². The van der Waals surface area contributed by atoms with Gasteiger partial charge in [0.15, 0.2) is 11.5 Å². The molecule has 4 heteroatoms. The summed E-state index contributed by atoms with van der Waals surface area (Å²) in [5, 5.41) is 9.60. The SMILES string of the molecule is CCC1(CO)CCN(Cc2ccc3c(c2)OCCO3)CC1. The normalized spacial score (nSPS) is 21.2. The van der Waals surface area contributed by atoms with E-state index in [-0.39, 0.29) is 5.41 Å². The van der Waals surface area contributed by atoms with Crippen LogP contribution < -0.4 is 9.47 Å². The van der Waals surface area contributed by atoms with E-state index in [0.717, 1.165) is 50.4 Å². The lowest BCUT2D eigenvalue weighted by atomic mass is 9.77. The topological polar surface area (TPSA) is 41.9 Å². The number of ether oxygens (including phenoxy) is 2. The minimum Gasteiger partial charge on any atom is -0.486 e. The molecule has 0 unspecified atom stereocenters. The molecule has 2 heterocycles. The average Bonchev–Trinajstić information content (AvgIpc) is 2.56. The highest BCUT2D eigenvalue weighted by atomic mass is 16.6. The van der Waals surface area contributed by atoms with Crippen LogP contribution in [-0.4, -0.2) is 42.9 Å². The molecule has 0 radical (unpaired) electrons. The summed E-state index contributed by atoms with van der Waals surface area (Å²) in [6.45, 7) is 6.84. The first-order valence-electron chi connectivity index (χ1n) is 7.96. The van der Waals surface area contributed by atoms with Gasteiger partial charge in [-0.25, -0.2) is 0 Å². The summed E-state index contributed by atoms with van der Waals surface area (Å²) >= 11 is 0. The number of hydrogen-bond acceptors (Lipinski definition) is 4. The number of rotatable bonds is 4. The van der Waals surface area contributed by atoms with E-state index >= 15 is 0 Å². The van der Waals surface area contributed by atoms with Gasteiger partial charge in [0.25, 0.3) is 0 Å². The number of nitrogens with zero attached hydrogens (tertiary/aromatic N) is 1. The third-order valence-corrected chi connectivity index (χ3v) is 5.01. The Balaban J connectivity index is 1.60. The monoisotopic (exact) mass is 291 g/mol. The van der Waals surface area contributed by atoms with E-state index in [1.807, 2.05) is 6.07 Å². The van der Waals surface area contributed by atoms with Gasteiger partial charge < -0.3 is 14.6 Å². The highest BCUT2D eigenvalue weighted by Crippen LogP contribution is 2.35. The van der Waals surface area contributed by atoms with E-state index in [9.17, 15) is 5.11 Å². The van der Waals surface area contributed by atoms with Gasteiger partial charge in [0.05, 0.1) is 0 Å². The Bertz CT molecular complexity index is 475. The van der Waals surface area contributed by atoms with E-state index in [1.165, 1.54) is 5.56 Å². The van der Waals surface area contributed by atoms with Gasteiger partial charge in [-0.3, -0.25) is 4.90 Å². The predicted molar refractivity (Wildman–Crippen MR) is 81.8 cm³/mol. The quantitative estimate of drug-likeness (QED) is 0.925. The van der Waals surface area contributed by atoms with Crippen molar-refractivity contribution in [2.45, 2.75) is 32.7 Å². The molecular weight excluding hydrogens is 266 g/mol. The molecule has 2 aliphatic rings. The fourth-order valence-corrected chi connectivity index (χ4v) is 3.25. The van der Waals surface area contributed by atoms with Crippen molar-refractivity contribution in [3.63, 3.8) is 0 Å². The third kappa shape index (κ3) is 3.16. The van der Waals surface area contributed by atoms with Gasteiger partial charge >= 0.3 is 0 Å². The van der Waals surface area contributed by atoms with E-state index in [0.29, 0.717) is 19.8 Å². The molecule has 1 aromatic rings. The van der Waals surface area contributed by atoms with Gasteiger partial charge in [0, 0.05) is 13.2 Å². The molecule has 0 spiro atoms. The van der Waals surface area contributed by atoms with Crippen LogP contribution >= 0.6 is 0 Å². The maximum absolute atomic E-state index is 9.60. The van der Waals surface area contributed by atoms with Gasteiger partial charge in [-0.05, 0) is 55.5 Å². The number of likely N-dealkylation sites (tertiary alicyclic amines) is 1. The summed E-state index contributed by atoms with van der Waals surface area (Å²) in [7, 11) is 0. The number of benzene rings is 1. The second-order valence-corrected chi connectivity index (χ2v) is 6.27. The average molecular weight is 291 g/mol. The fraction of sp³-hybridized carbons (Fsp3) is 0.647. The number of hydrogen-bond donors (Lipinski definition) is 1. The van der Waals surface area contributed by atoms with E-state index < -0.39 is 0 Å². The second kappa shape index (κ2) is 6.24. The largest absolute Gasteiger partial charge is 0.486 e. The van der Waals surface area contributed by atoms with Crippen LogP contribution in [0.25, 0.3) is 0 Å². The van der Waals surface area contributed by atoms with Crippen LogP contribution in [0, 0.1) is 5.41 Å². The smallest absolute Gasteiger partial charge is 0.161 e. The zero-order valence-electron chi connectivity index (χ0n) is 12.8. The van der Waals surface area contributed by atoms with Crippen LogP contribution in [-0.2, 0) is 6.54 Å². The van der Waals surface area contributed by atoms with E-state index in [1.54, 1.807) is 0 Å². The molecule has 0 aromatic heterocycles. The van der Waals surface area contributed by atoms with Crippen LogP contribution in [0.2, 0.25) is 0 Å². The third-order valence-electron chi connectivity index (χ3n) is 5.01. The lowest BCUT2D eigenvalue weighted by Crippen LogP contribution is -2.41. The van der Waals surface area contributed by atoms with Crippen molar-refractivity contribution in [1.82, 2.24) is 4.90 Å². The lowest BCUT2D eigenvalue weighted by molar-refractivity contribution is 0.0382. The second-order valence-electron chi connectivity index (χ2n) is 6.27. The molecule has 21 heavy (non-hydrogen) atoms. The number of aliphatic hydroxyl groups excluding tert-OH is 1. The zero-order chi connectivity index (χ0) is 14.7. The maximum Gasteiger partial charge on any atom is 0.161 e. The van der Waals surface area contributed by atoms with Gasteiger partial charge in [-0.15, -0.1) is 0 Å².